The second-order valence-corrected chi connectivity index (χ2v) is 9.66. The van der Waals surface area contributed by atoms with Crippen LogP contribution in [-0.4, -0.2) is 45.6 Å². The SMILES string of the molecule is CNC(=O)C(ONC(=O)c1cc(Cl)cc(C)c1NC(=O)c1cc(Br)nn1-c1ncccc1Cl)C(C)C. The molecular formula is C23H23BrCl2N6O4. The minimum absolute atomic E-state index is 0.0359. The molecule has 0 aliphatic heterocycles. The second-order valence-electron chi connectivity index (χ2n) is 8.00. The zero-order valence-electron chi connectivity index (χ0n) is 19.7. The van der Waals surface area contributed by atoms with Gasteiger partial charge in [0.2, 0.25) is 0 Å². The number of anilines is 1. The van der Waals surface area contributed by atoms with Crippen molar-refractivity contribution in [2.24, 2.45) is 5.92 Å². The number of pyridine rings is 1. The van der Waals surface area contributed by atoms with Crippen LogP contribution >= 0.6 is 39.1 Å². The van der Waals surface area contributed by atoms with E-state index in [-0.39, 0.29) is 38.7 Å². The number of hydrogen-bond donors (Lipinski definition) is 3. The lowest BCUT2D eigenvalue weighted by Crippen LogP contribution is -2.42. The van der Waals surface area contributed by atoms with Gasteiger partial charge in [0.1, 0.15) is 10.3 Å². The van der Waals surface area contributed by atoms with Crippen molar-refractivity contribution < 1.29 is 19.2 Å². The summed E-state index contributed by atoms with van der Waals surface area (Å²) in [6, 6.07) is 7.75. The topological polar surface area (TPSA) is 127 Å². The minimum atomic E-state index is -0.924. The van der Waals surface area contributed by atoms with Gasteiger partial charge in [0.05, 0.1) is 16.3 Å². The van der Waals surface area contributed by atoms with Crippen molar-refractivity contribution >= 4 is 62.5 Å². The molecule has 0 aliphatic rings. The molecule has 36 heavy (non-hydrogen) atoms. The Hall–Kier alpha value is -2.99. The zero-order valence-corrected chi connectivity index (χ0v) is 22.8. The van der Waals surface area contributed by atoms with Crippen LogP contribution in [0.15, 0.2) is 41.1 Å². The Bertz CT molecular complexity index is 1310. The zero-order chi connectivity index (χ0) is 26.6. The Morgan fingerprint density at radius 1 is 1.14 bits per heavy atom. The highest BCUT2D eigenvalue weighted by molar-refractivity contribution is 9.10. The molecule has 1 aromatic carbocycles. The lowest BCUT2D eigenvalue weighted by atomic mass is 10.1. The van der Waals surface area contributed by atoms with E-state index in [0.717, 1.165) is 0 Å². The summed E-state index contributed by atoms with van der Waals surface area (Å²) in [5.74, 6) is -1.65. The summed E-state index contributed by atoms with van der Waals surface area (Å²) in [6.07, 6.45) is 0.597. The first-order chi connectivity index (χ1) is 17.0. The number of carbonyl (C=O) groups excluding carboxylic acids is 3. The molecule has 1 atom stereocenters. The largest absolute Gasteiger partial charge is 0.357 e. The van der Waals surface area contributed by atoms with Crippen molar-refractivity contribution in [2.75, 3.05) is 12.4 Å². The molecule has 0 radical (unpaired) electrons. The number of nitrogens with zero attached hydrogens (tertiary/aromatic N) is 3. The smallest absolute Gasteiger partial charge is 0.277 e. The minimum Gasteiger partial charge on any atom is -0.357 e. The van der Waals surface area contributed by atoms with Gasteiger partial charge < -0.3 is 10.6 Å². The number of carbonyl (C=O) groups is 3. The molecule has 2 heterocycles. The predicted molar refractivity (Wildman–Crippen MR) is 139 cm³/mol. The molecule has 190 valence electrons. The maximum atomic E-state index is 13.3. The van der Waals surface area contributed by atoms with Gasteiger partial charge in [0.15, 0.2) is 11.9 Å². The fourth-order valence-corrected chi connectivity index (χ4v) is 4.13. The number of hydroxylamine groups is 1. The number of halogens is 3. The summed E-state index contributed by atoms with van der Waals surface area (Å²) in [5, 5.41) is 10.1. The first-order valence-corrected chi connectivity index (χ1v) is 12.2. The van der Waals surface area contributed by atoms with Crippen LogP contribution in [0.1, 0.15) is 40.3 Å². The Morgan fingerprint density at radius 3 is 2.50 bits per heavy atom. The average Bonchev–Trinajstić information content (AvgIpc) is 3.21. The van der Waals surface area contributed by atoms with E-state index in [0.29, 0.717) is 10.2 Å². The average molecular weight is 598 g/mol. The van der Waals surface area contributed by atoms with Crippen molar-refractivity contribution in [1.82, 2.24) is 25.6 Å². The summed E-state index contributed by atoms with van der Waals surface area (Å²) in [5.41, 5.74) is 3.15. The van der Waals surface area contributed by atoms with Crippen LogP contribution in [0.2, 0.25) is 10.0 Å². The number of aryl methyl sites for hydroxylation is 1. The van der Waals surface area contributed by atoms with Gasteiger partial charge >= 0.3 is 0 Å². The fraction of sp³-hybridized carbons (Fsp3) is 0.261. The molecular weight excluding hydrogens is 575 g/mol. The van der Waals surface area contributed by atoms with E-state index in [1.54, 1.807) is 39.0 Å². The summed E-state index contributed by atoms with van der Waals surface area (Å²) in [7, 11) is 1.47. The van der Waals surface area contributed by atoms with Gasteiger partial charge in [0, 0.05) is 24.3 Å². The lowest BCUT2D eigenvalue weighted by molar-refractivity contribution is -0.139. The van der Waals surface area contributed by atoms with E-state index in [1.807, 2.05) is 0 Å². The van der Waals surface area contributed by atoms with Gasteiger partial charge in [-0.3, -0.25) is 19.2 Å². The van der Waals surface area contributed by atoms with Crippen molar-refractivity contribution in [3.05, 3.63) is 68.0 Å². The fourth-order valence-electron chi connectivity index (χ4n) is 3.28. The molecule has 0 saturated heterocycles. The van der Waals surface area contributed by atoms with Crippen LogP contribution < -0.4 is 16.1 Å². The van der Waals surface area contributed by atoms with Gasteiger partial charge in [-0.15, -0.1) is 0 Å². The first kappa shape index (κ1) is 27.6. The van der Waals surface area contributed by atoms with Gasteiger partial charge in [-0.1, -0.05) is 37.0 Å². The third kappa shape index (κ3) is 6.22. The summed E-state index contributed by atoms with van der Waals surface area (Å²) in [4.78, 5) is 48.0. The number of amides is 3. The molecule has 13 heteroatoms. The standard InChI is InChI=1S/C23H23BrCl2N6O4/c1-11(2)19(23(35)27-4)36-31-21(33)14-9-13(25)8-12(3)18(14)29-22(34)16-10-17(24)30-32(16)20-15(26)6-5-7-28-20/h5-11,19H,1-4H3,(H,27,35)(H,29,34)(H,31,33). The van der Waals surface area contributed by atoms with Gasteiger partial charge in [0.25, 0.3) is 17.7 Å². The van der Waals surface area contributed by atoms with Crippen LogP contribution in [0.5, 0.6) is 0 Å². The Kier molecular flexibility index (Phi) is 9.07. The van der Waals surface area contributed by atoms with E-state index in [9.17, 15) is 14.4 Å². The van der Waals surface area contributed by atoms with Crippen molar-refractivity contribution in [3.63, 3.8) is 0 Å². The van der Waals surface area contributed by atoms with E-state index in [4.69, 9.17) is 28.0 Å². The van der Waals surface area contributed by atoms with E-state index >= 15 is 0 Å². The molecule has 0 spiro atoms. The number of hydrogen-bond acceptors (Lipinski definition) is 6. The van der Waals surface area contributed by atoms with Crippen LogP contribution in [0.3, 0.4) is 0 Å². The molecule has 10 nitrogen and oxygen atoms in total. The van der Waals surface area contributed by atoms with Crippen LogP contribution in [-0.2, 0) is 9.63 Å². The Morgan fingerprint density at radius 2 is 1.86 bits per heavy atom. The van der Waals surface area contributed by atoms with Gasteiger partial charge in [-0.2, -0.15) is 5.10 Å². The first-order valence-electron chi connectivity index (χ1n) is 10.7. The number of rotatable bonds is 8. The summed E-state index contributed by atoms with van der Waals surface area (Å²) < 4.78 is 1.66. The highest BCUT2D eigenvalue weighted by Crippen LogP contribution is 2.28. The molecule has 2 aromatic heterocycles. The molecule has 0 bridgehead atoms. The highest BCUT2D eigenvalue weighted by Gasteiger charge is 2.26. The summed E-state index contributed by atoms with van der Waals surface area (Å²) in [6.45, 7) is 5.23. The van der Waals surface area contributed by atoms with Crippen LogP contribution in [0, 0.1) is 12.8 Å². The quantitative estimate of drug-likeness (QED) is 0.332. The predicted octanol–water partition coefficient (Wildman–Crippen LogP) is 4.33. The number of likely N-dealkylation sites (N-methyl/N-ethyl adjacent to an activating group) is 1. The number of benzene rings is 1. The molecule has 0 fully saturated rings. The van der Waals surface area contributed by atoms with Crippen molar-refractivity contribution in [3.8, 4) is 5.82 Å². The maximum Gasteiger partial charge on any atom is 0.277 e. The van der Waals surface area contributed by atoms with Gasteiger partial charge in [-0.25, -0.2) is 15.1 Å². The number of aromatic nitrogens is 3. The maximum absolute atomic E-state index is 13.3. The molecule has 1 unspecified atom stereocenters. The molecule has 3 N–H and O–H groups in total. The Labute approximate surface area is 225 Å². The third-order valence-electron chi connectivity index (χ3n) is 5.02. The van der Waals surface area contributed by atoms with Crippen LogP contribution in [0.4, 0.5) is 5.69 Å². The van der Waals surface area contributed by atoms with Gasteiger partial charge in [-0.05, 0) is 58.6 Å². The second kappa shape index (κ2) is 11.8. The molecule has 0 aliphatic carbocycles. The highest BCUT2D eigenvalue weighted by atomic mass is 79.9. The normalized spacial score (nSPS) is 11.8. The molecule has 3 aromatic rings. The lowest BCUT2D eigenvalue weighted by Gasteiger charge is -2.20. The van der Waals surface area contributed by atoms with Crippen molar-refractivity contribution in [2.45, 2.75) is 26.9 Å². The molecule has 3 amide bonds. The monoisotopic (exact) mass is 596 g/mol. The van der Waals surface area contributed by atoms with E-state index < -0.39 is 23.8 Å². The number of nitrogens with one attached hydrogen (secondary N) is 3. The van der Waals surface area contributed by atoms with E-state index in [2.05, 4.69) is 42.1 Å². The Balaban J connectivity index is 1.92. The summed E-state index contributed by atoms with van der Waals surface area (Å²) >= 11 is 15.7. The van der Waals surface area contributed by atoms with Crippen LogP contribution in [0.25, 0.3) is 5.82 Å². The van der Waals surface area contributed by atoms with E-state index in [1.165, 1.54) is 30.1 Å². The third-order valence-corrected chi connectivity index (χ3v) is 5.92. The molecule has 3 rings (SSSR count). The molecule has 0 saturated carbocycles. The van der Waals surface area contributed by atoms with Crippen molar-refractivity contribution in [1.29, 1.82) is 0 Å².